The van der Waals surface area contributed by atoms with Crippen molar-refractivity contribution in [1.29, 1.82) is 0 Å². The molecule has 1 aromatic rings. The zero-order valence-corrected chi connectivity index (χ0v) is 15.0. The van der Waals surface area contributed by atoms with E-state index in [2.05, 4.69) is 22.5 Å². The number of thiazole rings is 1. The van der Waals surface area contributed by atoms with Crippen LogP contribution in [0, 0.1) is 12.8 Å². The number of nitrogens with one attached hydrogen (secondary N) is 2. The van der Waals surface area contributed by atoms with E-state index in [1.807, 2.05) is 33.9 Å². The van der Waals surface area contributed by atoms with Gasteiger partial charge in [-0.05, 0) is 53.4 Å². The average molecular weight is 325 g/mol. The topological polar surface area (TPSA) is 63.2 Å². The molecule has 1 unspecified atom stereocenters. The number of amides is 1. The summed E-state index contributed by atoms with van der Waals surface area (Å²) in [5.41, 5.74) is -0.567. The van der Waals surface area contributed by atoms with Gasteiger partial charge in [0, 0.05) is 29.7 Å². The maximum Gasteiger partial charge on any atom is 0.407 e. The van der Waals surface area contributed by atoms with Crippen LogP contribution in [0.2, 0.25) is 0 Å². The Hall–Kier alpha value is -1.14. The molecule has 1 fully saturated rings. The first kappa shape index (κ1) is 17.2. The summed E-state index contributed by atoms with van der Waals surface area (Å²) in [5.74, 6) is 0.608. The highest BCUT2D eigenvalue weighted by atomic mass is 32.1. The predicted octanol–water partition coefficient (Wildman–Crippen LogP) is 3.23. The molecule has 1 aliphatic rings. The van der Waals surface area contributed by atoms with E-state index in [4.69, 9.17) is 4.74 Å². The maximum atomic E-state index is 11.9. The quantitative estimate of drug-likeness (QED) is 0.843. The zero-order chi connectivity index (χ0) is 16.4. The van der Waals surface area contributed by atoms with Crippen molar-refractivity contribution < 1.29 is 9.53 Å². The van der Waals surface area contributed by atoms with Crippen molar-refractivity contribution in [2.24, 2.45) is 5.92 Å². The molecule has 0 aliphatic heterocycles. The van der Waals surface area contributed by atoms with Crippen LogP contribution in [0.15, 0.2) is 6.20 Å². The molecule has 0 spiro atoms. The molecular weight excluding hydrogens is 298 g/mol. The van der Waals surface area contributed by atoms with Gasteiger partial charge in [0.25, 0.3) is 0 Å². The number of hydrogen-bond acceptors (Lipinski definition) is 5. The highest BCUT2D eigenvalue weighted by Gasteiger charge is 2.41. The van der Waals surface area contributed by atoms with Gasteiger partial charge in [0.05, 0.1) is 5.01 Å². The Bertz CT molecular complexity index is 520. The van der Waals surface area contributed by atoms with E-state index in [0.717, 1.165) is 11.6 Å². The van der Waals surface area contributed by atoms with Gasteiger partial charge in [0.2, 0.25) is 0 Å². The molecule has 0 radical (unpaired) electrons. The number of hydrogen-bond donors (Lipinski definition) is 2. The Morgan fingerprint density at radius 1 is 1.41 bits per heavy atom. The first-order valence-corrected chi connectivity index (χ1v) is 8.63. The minimum atomic E-state index is -0.465. The SMILES string of the molecule is Cc1ncc(CNC(C)(CNC(=O)OC(C)(C)C)C2CC2)s1. The number of carbonyl (C=O) groups excluding carboxylic acids is 1. The molecule has 0 aromatic carbocycles. The van der Waals surface area contributed by atoms with Crippen LogP contribution < -0.4 is 10.6 Å². The molecular formula is C16H27N3O2S. The van der Waals surface area contributed by atoms with Gasteiger partial charge in [-0.1, -0.05) is 0 Å². The van der Waals surface area contributed by atoms with Crippen molar-refractivity contribution in [3.05, 3.63) is 16.1 Å². The minimum Gasteiger partial charge on any atom is -0.444 e. The van der Waals surface area contributed by atoms with Crippen molar-refractivity contribution in [2.75, 3.05) is 6.54 Å². The lowest BCUT2D eigenvalue weighted by Crippen LogP contribution is -2.53. The summed E-state index contributed by atoms with van der Waals surface area (Å²) in [6.07, 6.45) is 3.99. The number of rotatable bonds is 6. The molecule has 1 heterocycles. The second-order valence-electron chi connectivity index (χ2n) is 7.25. The van der Waals surface area contributed by atoms with Crippen LogP contribution in [0.1, 0.15) is 50.4 Å². The molecule has 2 N–H and O–H groups in total. The van der Waals surface area contributed by atoms with Gasteiger partial charge in [-0.3, -0.25) is 0 Å². The van der Waals surface area contributed by atoms with Crippen molar-refractivity contribution in [3.63, 3.8) is 0 Å². The van der Waals surface area contributed by atoms with E-state index in [1.54, 1.807) is 11.3 Å². The third-order valence-corrected chi connectivity index (χ3v) is 4.73. The summed E-state index contributed by atoms with van der Waals surface area (Å²) in [6.45, 7) is 11.2. The molecule has 124 valence electrons. The lowest BCUT2D eigenvalue weighted by atomic mass is 9.95. The maximum absolute atomic E-state index is 11.9. The number of ether oxygens (including phenoxy) is 1. The van der Waals surface area contributed by atoms with E-state index in [-0.39, 0.29) is 11.6 Å². The Kier molecular flexibility index (Phi) is 5.12. The van der Waals surface area contributed by atoms with Crippen LogP contribution in [-0.2, 0) is 11.3 Å². The number of aromatic nitrogens is 1. The summed E-state index contributed by atoms with van der Waals surface area (Å²) < 4.78 is 5.31. The third-order valence-electron chi connectivity index (χ3n) is 3.81. The van der Waals surface area contributed by atoms with E-state index in [1.165, 1.54) is 17.7 Å². The van der Waals surface area contributed by atoms with Crippen molar-refractivity contribution >= 4 is 17.4 Å². The van der Waals surface area contributed by atoms with Crippen LogP contribution in [0.25, 0.3) is 0 Å². The number of carbonyl (C=O) groups is 1. The first-order chi connectivity index (χ1) is 10.2. The van der Waals surface area contributed by atoms with Gasteiger partial charge < -0.3 is 15.4 Å². The Morgan fingerprint density at radius 2 is 2.09 bits per heavy atom. The van der Waals surface area contributed by atoms with E-state index in [9.17, 15) is 4.79 Å². The van der Waals surface area contributed by atoms with E-state index in [0.29, 0.717) is 12.5 Å². The van der Waals surface area contributed by atoms with Gasteiger partial charge in [0.15, 0.2) is 0 Å². The molecule has 1 saturated carbocycles. The molecule has 0 saturated heterocycles. The largest absolute Gasteiger partial charge is 0.444 e. The van der Waals surface area contributed by atoms with Crippen LogP contribution in [-0.4, -0.2) is 28.8 Å². The van der Waals surface area contributed by atoms with Gasteiger partial charge in [0.1, 0.15) is 5.60 Å². The van der Waals surface area contributed by atoms with E-state index >= 15 is 0 Å². The van der Waals surface area contributed by atoms with Gasteiger partial charge in [-0.15, -0.1) is 11.3 Å². The standard InChI is InChI=1S/C16H27N3O2S/c1-11-17-8-13(22-11)9-19-16(5,12-6-7-12)10-18-14(20)21-15(2,3)4/h8,12,19H,6-7,9-10H2,1-5H3,(H,18,20). The molecule has 1 amide bonds. The van der Waals surface area contributed by atoms with Crippen molar-refractivity contribution in [3.8, 4) is 0 Å². The molecule has 1 aliphatic carbocycles. The molecule has 5 nitrogen and oxygen atoms in total. The summed E-state index contributed by atoms with van der Waals surface area (Å²) >= 11 is 1.71. The molecule has 2 rings (SSSR count). The van der Waals surface area contributed by atoms with Crippen LogP contribution in [0.5, 0.6) is 0 Å². The molecule has 1 atom stereocenters. The van der Waals surface area contributed by atoms with Gasteiger partial charge in [-0.2, -0.15) is 0 Å². The Labute approximate surface area is 136 Å². The second-order valence-corrected chi connectivity index (χ2v) is 8.57. The zero-order valence-electron chi connectivity index (χ0n) is 14.2. The van der Waals surface area contributed by atoms with Crippen LogP contribution in [0.3, 0.4) is 0 Å². The molecule has 0 bridgehead atoms. The number of alkyl carbamates (subject to hydrolysis) is 1. The molecule has 1 aromatic heterocycles. The summed E-state index contributed by atoms with van der Waals surface area (Å²) in [5, 5.41) is 7.59. The average Bonchev–Trinajstić information content (AvgIpc) is 3.16. The minimum absolute atomic E-state index is 0.102. The lowest BCUT2D eigenvalue weighted by Gasteiger charge is -2.32. The first-order valence-electron chi connectivity index (χ1n) is 7.81. The highest BCUT2D eigenvalue weighted by molar-refractivity contribution is 7.11. The van der Waals surface area contributed by atoms with Gasteiger partial charge >= 0.3 is 6.09 Å². The fourth-order valence-electron chi connectivity index (χ4n) is 2.42. The second kappa shape index (κ2) is 6.54. The van der Waals surface area contributed by atoms with E-state index < -0.39 is 5.60 Å². The predicted molar refractivity (Wildman–Crippen MR) is 89.1 cm³/mol. The summed E-state index contributed by atoms with van der Waals surface area (Å²) in [7, 11) is 0. The fraction of sp³-hybridized carbons (Fsp3) is 0.750. The molecule has 22 heavy (non-hydrogen) atoms. The summed E-state index contributed by atoms with van der Waals surface area (Å²) in [6, 6.07) is 0. The fourth-order valence-corrected chi connectivity index (χ4v) is 3.15. The van der Waals surface area contributed by atoms with Gasteiger partial charge in [-0.25, -0.2) is 9.78 Å². The Balaban J connectivity index is 1.86. The lowest BCUT2D eigenvalue weighted by molar-refractivity contribution is 0.0507. The third kappa shape index (κ3) is 5.25. The van der Waals surface area contributed by atoms with Crippen LogP contribution in [0.4, 0.5) is 4.79 Å². The monoisotopic (exact) mass is 325 g/mol. The normalized spacial score (nSPS) is 17.9. The van der Waals surface area contributed by atoms with Crippen molar-refractivity contribution in [1.82, 2.24) is 15.6 Å². The number of aryl methyl sites for hydroxylation is 1. The molecule has 6 heteroatoms. The number of nitrogens with zero attached hydrogens (tertiary/aromatic N) is 1. The smallest absolute Gasteiger partial charge is 0.407 e. The highest BCUT2D eigenvalue weighted by Crippen LogP contribution is 2.39. The summed E-state index contributed by atoms with van der Waals surface area (Å²) in [4.78, 5) is 17.4. The Morgan fingerprint density at radius 3 is 2.59 bits per heavy atom. The van der Waals surface area contributed by atoms with Crippen molar-refractivity contribution in [2.45, 2.75) is 65.1 Å². The van der Waals surface area contributed by atoms with Crippen LogP contribution >= 0.6 is 11.3 Å².